The maximum atomic E-state index is 12.2. The van der Waals surface area contributed by atoms with Gasteiger partial charge >= 0.3 is 0 Å². The average Bonchev–Trinajstić information content (AvgIpc) is 2.55. The minimum atomic E-state index is -0.353. The largest absolute Gasteiger partial charge is 0.340 e. The molecule has 6 nitrogen and oxygen atoms in total. The maximum absolute atomic E-state index is 12.2. The molecule has 2 rings (SSSR count). The molecule has 1 aromatic rings. The second-order valence-electron chi connectivity index (χ2n) is 5.68. The molecule has 0 aromatic heterocycles. The number of nitrogens with one attached hydrogen (secondary N) is 1. The van der Waals surface area contributed by atoms with E-state index < -0.39 is 0 Å². The Morgan fingerprint density at radius 1 is 1.13 bits per heavy atom. The first kappa shape index (κ1) is 17.1. The van der Waals surface area contributed by atoms with Crippen LogP contribution in [0, 0.1) is 0 Å². The lowest BCUT2D eigenvalue weighted by molar-refractivity contribution is -0.136. The second kappa shape index (κ2) is 7.87. The number of amides is 2. The minimum Gasteiger partial charge on any atom is -0.340 e. The van der Waals surface area contributed by atoms with Crippen LogP contribution in [0.5, 0.6) is 0 Å². The van der Waals surface area contributed by atoms with Crippen molar-refractivity contribution in [3.8, 4) is 0 Å². The average molecular weight is 317 g/mol. The van der Waals surface area contributed by atoms with Crippen molar-refractivity contribution < 1.29 is 14.4 Å². The molecule has 1 heterocycles. The van der Waals surface area contributed by atoms with Gasteiger partial charge in [-0.2, -0.15) is 0 Å². The highest BCUT2D eigenvalue weighted by atomic mass is 16.2. The molecule has 0 bridgehead atoms. The number of anilines is 1. The Bertz CT molecular complexity index is 593. The van der Waals surface area contributed by atoms with E-state index in [1.165, 1.54) is 6.92 Å². The lowest BCUT2D eigenvalue weighted by Gasteiger charge is -2.33. The van der Waals surface area contributed by atoms with Crippen LogP contribution in [0.2, 0.25) is 0 Å². The summed E-state index contributed by atoms with van der Waals surface area (Å²) in [5.41, 5.74) is 1.07. The Hall–Kier alpha value is -2.21. The van der Waals surface area contributed by atoms with Crippen molar-refractivity contribution in [3.63, 3.8) is 0 Å². The zero-order valence-electron chi connectivity index (χ0n) is 13.7. The molecular formula is C17H23N3O3. The third-order valence-corrected chi connectivity index (χ3v) is 4.04. The van der Waals surface area contributed by atoms with Crippen LogP contribution in [-0.2, 0) is 9.59 Å². The fraction of sp³-hybridized carbons (Fsp3) is 0.471. The molecular weight excluding hydrogens is 294 g/mol. The number of benzene rings is 1. The van der Waals surface area contributed by atoms with E-state index in [9.17, 15) is 14.4 Å². The molecule has 2 amide bonds. The smallest absolute Gasteiger partial charge is 0.233 e. The van der Waals surface area contributed by atoms with Gasteiger partial charge in [0, 0.05) is 37.4 Å². The molecule has 124 valence electrons. The molecule has 0 aliphatic carbocycles. The Morgan fingerprint density at radius 2 is 1.83 bits per heavy atom. The zero-order valence-corrected chi connectivity index (χ0v) is 13.7. The summed E-state index contributed by atoms with van der Waals surface area (Å²) >= 11 is 0. The molecule has 1 N–H and O–H groups in total. The van der Waals surface area contributed by atoms with Crippen molar-refractivity contribution >= 4 is 23.3 Å². The SMILES string of the molecule is CCN1CCN(C(=O)CC(=O)Nc2cccc(C(C)=O)c2)CC1. The molecule has 0 radical (unpaired) electrons. The molecule has 1 aromatic carbocycles. The van der Waals surface area contributed by atoms with Gasteiger partial charge in [0.05, 0.1) is 0 Å². The van der Waals surface area contributed by atoms with Crippen LogP contribution >= 0.6 is 0 Å². The fourth-order valence-electron chi connectivity index (χ4n) is 2.58. The number of carbonyl (C=O) groups is 3. The van der Waals surface area contributed by atoms with Crippen LogP contribution in [0.3, 0.4) is 0 Å². The van der Waals surface area contributed by atoms with Gasteiger partial charge in [-0.15, -0.1) is 0 Å². The molecule has 1 fully saturated rings. The van der Waals surface area contributed by atoms with Crippen molar-refractivity contribution in [3.05, 3.63) is 29.8 Å². The third kappa shape index (κ3) is 4.89. The van der Waals surface area contributed by atoms with Gasteiger partial charge in [-0.25, -0.2) is 0 Å². The van der Waals surface area contributed by atoms with E-state index in [1.807, 2.05) is 0 Å². The number of likely N-dealkylation sites (N-methyl/N-ethyl adjacent to an activating group) is 1. The van der Waals surface area contributed by atoms with Crippen LogP contribution in [0.1, 0.15) is 30.6 Å². The van der Waals surface area contributed by atoms with Gasteiger partial charge in [-0.3, -0.25) is 14.4 Å². The van der Waals surface area contributed by atoms with E-state index in [1.54, 1.807) is 29.2 Å². The zero-order chi connectivity index (χ0) is 16.8. The number of carbonyl (C=O) groups excluding carboxylic acids is 3. The molecule has 6 heteroatoms. The second-order valence-corrected chi connectivity index (χ2v) is 5.68. The van der Waals surface area contributed by atoms with Gasteiger partial charge < -0.3 is 15.1 Å². The van der Waals surface area contributed by atoms with Gasteiger partial charge in [0.1, 0.15) is 6.42 Å². The summed E-state index contributed by atoms with van der Waals surface area (Å²) in [4.78, 5) is 39.5. The monoisotopic (exact) mass is 317 g/mol. The number of rotatable bonds is 5. The molecule has 23 heavy (non-hydrogen) atoms. The number of nitrogens with zero attached hydrogens (tertiary/aromatic N) is 2. The normalized spacial score (nSPS) is 15.3. The standard InChI is InChI=1S/C17H23N3O3/c1-3-19-7-9-20(10-8-19)17(23)12-16(22)18-15-6-4-5-14(11-15)13(2)21/h4-6,11H,3,7-10,12H2,1-2H3,(H,18,22). The van der Waals surface area contributed by atoms with E-state index in [2.05, 4.69) is 17.1 Å². The summed E-state index contributed by atoms with van der Waals surface area (Å²) in [7, 11) is 0. The van der Waals surface area contributed by atoms with E-state index in [4.69, 9.17) is 0 Å². The third-order valence-electron chi connectivity index (χ3n) is 4.04. The lowest BCUT2D eigenvalue weighted by Crippen LogP contribution is -2.49. The van der Waals surface area contributed by atoms with Gasteiger partial charge in [-0.1, -0.05) is 19.1 Å². The van der Waals surface area contributed by atoms with Crippen LogP contribution in [0.25, 0.3) is 0 Å². The van der Waals surface area contributed by atoms with Gasteiger partial charge in [0.2, 0.25) is 11.8 Å². The number of Topliss-reactive ketones (excluding diaryl/α,β-unsaturated/α-hetero) is 1. The summed E-state index contributed by atoms with van der Waals surface area (Å²) in [6.45, 7) is 7.59. The number of hydrogen-bond acceptors (Lipinski definition) is 4. The topological polar surface area (TPSA) is 69.7 Å². The van der Waals surface area contributed by atoms with E-state index >= 15 is 0 Å². The Labute approximate surface area is 136 Å². The van der Waals surface area contributed by atoms with Gasteiger partial charge in [0.25, 0.3) is 0 Å². The molecule has 1 aliphatic heterocycles. The summed E-state index contributed by atoms with van der Waals surface area (Å²) in [5, 5.41) is 2.68. The van der Waals surface area contributed by atoms with Crippen LogP contribution in [-0.4, -0.2) is 60.1 Å². The first-order valence-electron chi connectivity index (χ1n) is 7.90. The summed E-state index contributed by atoms with van der Waals surface area (Å²) in [6, 6.07) is 6.72. The predicted molar refractivity (Wildman–Crippen MR) is 88.4 cm³/mol. The molecule has 0 spiro atoms. The van der Waals surface area contributed by atoms with E-state index in [-0.39, 0.29) is 24.0 Å². The minimum absolute atomic E-state index is 0.0639. The molecule has 0 unspecified atom stereocenters. The summed E-state index contributed by atoms with van der Waals surface area (Å²) in [6.07, 6.45) is -0.170. The number of hydrogen-bond donors (Lipinski definition) is 1. The molecule has 1 aliphatic rings. The van der Waals surface area contributed by atoms with Crippen molar-refractivity contribution in [2.24, 2.45) is 0 Å². The van der Waals surface area contributed by atoms with Crippen LogP contribution in [0.15, 0.2) is 24.3 Å². The number of ketones is 1. The predicted octanol–water partition coefficient (Wildman–Crippen LogP) is 1.38. The van der Waals surface area contributed by atoms with Gasteiger partial charge in [-0.05, 0) is 25.6 Å². The highest BCUT2D eigenvalue weighted by Crippen LogP contribution is 2.12. The highest BCUT2D eigenvalue weighted by molar-refractivity contribution is 6.04. The van der Waals surface area contributed by atoms with Crippen LogP contribution in [0.4, 0.5) is 5.69 Å². The Morgan fingerprint density at radius 3 is 2.43 bits per heavy atom. The van der Waals surface area contributed by atoms with Crippen molar-refractivity contribution in [2.45, 2.75) is 20.3 Å². The van der Waals surface area contributed by atoms with Crippen LogP contribution < -0.4 is 5.32 Å². The van der Waals surface area contributed by atoms with E-state index in [0.29, 0.717) is 24.3 Å². The Kier molecular flexibility index (Phi) is 5.87. The molecule has 0 saturated carbocycles. The lowest BCUT2D eigenvalue weighted by atomic mass is 10.1. The first-order chi connectivity index (χ1) is 11.0. The first-order valence-corrected chi connectivity index (χ1v) is 7.90. The fourth-order valence-corrected chi connectivity index (χ4v) is 2.58. The van der Waals surface area contributed by atoms with Crippen molar-refractivity contribution in [1.82, 2.24) is 9.80 Å². The van der Waals surface area contributed by atoms with Crippen molar-refractivity contribution in [2.75, 3.05) is 38.0 Å². The quantitative estimate of drug-likeness (QED) is 0.658. The maximum Gasteiger partial charge on any atom is 0.233 e. The number of piperazine rings is 1. The Balaban J connectivity index is 1.86. The molecule has 0 atom stereocenters. The summed E-state index contributed by atoms with van der Waals surface area (Å²) in [5.74, 6) is -0.569. The van der Waals surface area contributed by atoms with E-state index in [0.717, 1.165) is 19.6 Å². The highest BCUT2D eigenvalue weighted by Gasteiger charge is 2.22. The summed E-state index contributed by atoms with van der Waals surface area (Å²) < 4.78 is 0. The van der Waals surface area contributed by atoms with Crippen molar-refractivity contribution in [1.29, 1.82) is 0 Å². The van der Waals surface area contributed by atoms with Gasteiger partial charge in [0.15, 0.2) is 5.78 Å². The molecule has 1 saturated heterocycles.